The molecule has 0 bridgehead atoms. The molecule has 3 aliphatic heterocycles. The minimum absolute atomic E-state index is 0.667. The van der Waals surface area contributed by atoms with Crippen LogP contribution in [-0.4, -0.2) is 76.8 Å². The molecule has 0 amide bonds. The van der Waals surface area contributed by atoms with Gasteiger partial charge in [-0.05, 0) is 241 Å². The van der Waals surface area contributed by atoms with Crippen LogP contribution in [0.5, 0.6) is 0 Å². The number of benzene rings is 3. The molecule has 3 heterocycles. The van der Waals surface area contributed by atoms with Crippen LogP contribution in [0.3, 0.4) is 0 Å². The van der Waals surface area contributed by atoms with E-state index in [0.29, 0.717) is 6.02 Å². The molecule has 0 unspecified atom stereocenters. The van der Waals surface area contributed by atoms with Crippen molar-refractivity contribution in [2.75, 3.05) is 59.7 Å². The normalized spacial score (nSPS) is 16.2. The second-order valence-corrected chi connectivity index (χ2v) is 18.0. The predicted molar refractivity (Wildman–Crippen MR) is 297 cm³/mol. The number of amidine groups is 2. The van der Waals surface area contributed by atoms with Crippen molar-refractivity contribution in [1.82, 2.24) is 21.3 Å². The molecule has 9 heteroatoms. The minimum atomic E-state index is 0.667. The summed E-state index contributed by atoms with van der Waals surface area (Å²) >= 11 is 1.78. The van der Waals surface area contributed by atoms with Gasteiger partial charge in [-0.1, -0.05) is 53.3 Å². The first kappa shape index (κ1) is 60.0. The van der Waals surface area contributed by atoms with Crippen LogP contribution in [0, 0.1) is 83.1 Å². The van der Waals surface area contributed by atoms with Crippen LogP contribution >= 0.6 is 11.8 Å². The number of rotatable bonds is 0. The zero-order valence-corrected chi connectivity index (χ0v) is 47.1. The average molecular weight is 929 g/mol. The summed E-state index contributed by atoms with van der Waals surface area (Å²) in [6.07, 6.45) is 11.9. The first-order chi connectivity index (χ1) is 31.7. The number of hydrogen-bond acceptors (Lipinski definition) is 5. The van der Waals surface area contributed by atoms with E-state index in [2.05, 4.69) is 119 Å². The van der Waals surface area contributed by atoms with Gasteiger partial charge in [-0.15, -0.1) is 0 Å². The van der Waals surface area contributed by atoms with Gasteiger partial charge in [0.2, 0.25) is 0 Å². The van der Waals surface area contributed by atoms with Gasteiger partial charge in [0.05, 0.1) is 6.54 Å². The molecule has 3 saturated heterocycles. The number of thioether (sulfide) groups is 1. The van der Waals surface area contributed by atoms with E-state index in [4.69, 9.17) is 4.74 Å². The third-order valence-electron chi connectivity index (χ3n) is 14.0. The van der Waals surface area contributed by atoms with Crippen molar-refractivity contribution in [3.8, 4) is 0 Å². The van der Waals surface area contributed by atoms with Gasteiger partial charge in [-0.3, -0.25) is 9.98 Å². The molecule has 3 fully saturated rings. The zero-order chi connectivity index (χ0) is 50.1. The van der Waals surface area contributed by atoms with E-state index in [1.54, 1.807) is 99.7 Å². The summed E-state index contributed by atoms with van der Waals surface area (Å²) in [6, 6.07) is 0.667. The first-order valence-corrected chi connectivity index (χ1v) is 26.5. The van der Waals surface area contributed by atoms with Crippen LogP contribution in [0.15, 0.2) is 15.0 Å². The fraction of sp³-hybridized carbons (Fsp3) is 0.632. The molecule has 9 rings (SSSR count). The molecule has 372 valence electrons. The lowest BCUT2D eigenvalue weighted by molar-refractivity contribution is 0.352. The molecule has 4 N–H and O–H groups in total. The molecular formula is C57H97N7OS. The molecule has 0 saturated carbocycles. The lowest BCUT2D eigenvalue weighted by atomic mass is 9.90. The molecule has 8 nitrogen and oxygen atoms in total. The quantitative estimate of drug-likeness (QED) is 0.179. The smallest absolute Gasteiger partial charge is 0.284 e. The summed E-state index contributed by atoms with van der Waals surface area (Å²) in [4.78, 5) is 11.6. The molecule has 3 aromatic rings. The summed E-state index contributed by atoms with van der Waals surface area (Å²) in [5.41, 5.74) is 28.3. The topological polar surface area (TPSA) is 94.4 Å². The molecule has 3 aliphatic carbocycles. The predicted octanol–water partition coefficient (Wildman–Crippen LogP) is 12.4. The number of nitrogens with zero attached hydrogens (tertiary/aromatic N) is 3. The van der Waals surface area contributed by atoms with Gasteiger partial charge in [0.25, 0.3) is 6.02 Å². The Bertz CT molecular complexity index is 1700. The second kappa shape index (κ2) is 31.9. The molecule has 6 aliphatic rings. The summed E-state index contributed by atoms with van der Waals surface area (Å²) in [5, 5.41) is 13.2. The van der Waals surface area contributed by atoms with E-state index in [-0.39, 0.29) is 0 Å². The minimum Gasteiger partial charge on any atom is -0.463 e. The Kier molecular flexibility index (Phi) is 29.0. The largest absolute Gasteiger partial charge is 0.463 e. The third-order valence-corrected chi connectivity index (χ3v) is 15.0. The molecule has 0 aromatic heterocycles. The fourth-order valence-electron chi connectivity index (χ4n) is 9.34. The van der Waals surface area contributed by atoms with E-state index in [0.717, 1.165) is 43.9 Å². The van der Waals surface area contributed by atoms with E-state index >= 15 is 0 Å². The Balaban J connectivity index is 0.000000394. The van der Waals surface area contributed by atoms with Crippen LogP contribution in [0.4, 0.5) is 0 Å². The van der Waals surface area contributed by atoms with Gasteiger partial charge in [0.1, 0.15) is 6.61 Å². The van der Waals surface area contributed by atoms with Crippen molar-refractivity contribution < 1.29 is 4.74 Å². The monoisotopic (exact) mass is 928 g/mol. The summed E-state index contributed by atoms with van der Waals surface area (Å²) < 4.78 is 4.94. The Labute approximate surface area is 410 Å². The molecule has 0 spiro atoms. The van der Waals surface area contributed by atoms with Gasteiger partial charge in [-0.25, -0.2) is 4.99 Å². The summed E-state index contributed by atoms with van der Waals surface area (Å²) in [6.45, 7) is 44.0. The van der Waals surface area contributed by atoms with Crippen molar-refractivity contribution in [3.63, 3.8) is 0 Å². The third kappa shape index (κ3) is 16.4. The first-order valence-electron chi connectivity index (χ1n) is 25.5. The van der Waals surface area contributed by atoms with Crippen molar-refractivity contribution in [2.45, 2.75) is 182 Å². The fourth-order valence-corrected chi connectivity index (χ4v) is 10.1. The van der Waals surface area contributed by atoms with Gasteiger partial charge >= 0.3 is 0 Å². The Morgan fingerprint density at radius 3 is 0.848 bits per heavy atom. The van der Waals surface area contributed by atoms with Crippen LogP contribution < -0.4 is 21.3 Å². The molecule has 0 atom stereocenters. The van der Waals surface area contributed by atoms with E-state index in [1.807, 2.05) is 41.5 Å². The number of nitrogens with one attached hydrogen (secondary N) is 4. The van der Waals surface area contributed by atoms with E-state index < -0.39 is 0 Å². The number of guanidine groups is 1. The SMILES string of the molecule is CC.CC.CC.CN=C1NCCN1.CN=C1NCCO1.CN=C1NCCS1.Cc1c(C)c(C)c2c(c1C)CCC2.Cc1c(C)c(C)c2c(c1C)CCC2.Cc1c(C)c(C)c2c(c1C)CCC2. The average Bonchev–Trinajstić information content (AvgIpc) is 4.22. The molecule has 66 heavy (non-hydrogen) atoms. The van der Waals surface area contributed by atoms with Crippen molar-refractivity contribution in [2.24, 2.45) is 15.0 Å². The van der Waals surface area contributed by atoms with E-state index in [1.165, 1.54) is 96.9 Å². The van der Waals surface area contributed by atoms with Crippen LogP contribution in [0.25, 0.3) is 0 Å². The zero-order valence-electron chi connectivity index (χ0n) is 46.3. The maximum atomic E-state index is 4.94. The van der Waals surface area contributed by atoms with Gasteiger partial charge < -0.3 is 26.0 Å². The summed E-state index contributed by atoms with van der Waals surface area (Å²) in [7, 11) is 5.27. The number of ether oxygens (including phenoxy) is 1. The molecule has 3 aromatic carbocycles. The van der Waals surface area contributed by atoms with Crippen molar-refractivity contribution in [3.05, 3.63) is 100 Å². The van der Waals surface area contributed by atoms with Crippen molar-refractivity contribution >= 4 is 28.9 Å². The lowest BCUT2D eigenvalue weighted by Crippen LogP contribution is -2.23. The maximum absolute atomic E-state index is 4.94. The Morgan fingerprint density at radius 1 is 0.364 bits per heavy atom. The standard InChI is InChI=1S/3C13H18.C4H9N3.C4H8N2O.C4H8N2S.3C2H6/c3*1-8-9(2)11(4)13-7-5-6-12(13)10(8)3;3*1-5-4-6-2-3-7-4;3*1-2/h3*5-7H2,1-4H3;2-3H2,1H3,(H2,5,6,7);2*2-3H2,1H3,(H,5,6);3*1-2H3. The summed E-state index contributed by atoms with van der Waals surface area (Å²) in [5.74, 6) is 2.09. The molecule has 0 radical (unpaired) electrons. The Morgan fingerprint density at radius 2 is 0.682 bits per heavy atom. The van der Waals surface area contributed by atoms with Crippen LogP contribution in [0.1, 0.15) is 161 Å². The number of fused-ring (bicyclic) bond motifs is 3. The highest BCUT2D eigenvalue weighted by Gasteiger charge is 2.21. The lowest BCUT2D eigenvalue weighted by Gasteiger charge is -2.15. The highest BCUT2D eigenvalue weighted by molar-refractivity contribution is 8.14. The van der Waals surface area contributed by atoms with Crippen molar-refractivity contribution in [1.29, 1.82) is 0 Å². The van der Waals surface area contributed by atoms with Gasteiger partial charge in [0, 0.05) is 46.5 Å². The number of hydrogen-bond donors (Lipinski definition) is 4. The molecular weight excluding hydrogens is 831 g/mol. The highest BCUT2D eigenvalue weighted by Crippen LogP contribution is 2.35. The highest BCUT2D eigenvalue weighted by atomic mass is 32.2. The van der Waals surface area contributed by atoms with Gasteiger partial charge in [0.15, 0.2) is 11.1 Å². The maximum Gasteiger partial charge on any atom is 0.284 e. The number of aliphatic imine (C=N–C) groups is 3. The second-order valence-electron chi connectivity index (χ2n) is 17.0. The Hall–Kier alpha value is -3.98. The van der Waals surface area contributed by atoms with Gasteiger partial charge in [-0.2, -0.15) is 0 Å². The van der Waals surface area contributed by atoms with E-state index in [9.17, 15) is 0 Å². The van der Waals surface area contributed by atoms with Crippen LogP contribution in [0.2, 0.25) is 0 Å². The van der Waals surface area contributed by atoms with Crippen LogP contribution in [-0.2, 0) is 43.3 Å².